The molecule has 1 aliphatic heterocycles. The van der Waals surface area contributed by atoms with Gasteiger partial charge in [0.1, 0.15) is 0 Å². The van der Waals surface area contributed by atoms with Crippen molar-refractivity contribution in [2.24, 2.45) is 10.7 Å². The number of guanidine groups is 1. The van der Waals surface area contributed by atoms with E-state index in [-0.39, 0.29) is 0 Å². The number of piperidine rings is 1. The van der Waals surface area contributed by atoms with Crippen LogP contribution >= 0.6 is 0 Å². The highest BCUT2D eigenvalue weighted by Gasteiger charge is 2.19. The Labute approximate surface area is 142 Å². The number of rotatable bonds is 5. The first-order chi connectivity index (χ1) is 11.8. The van der Waals surface area contributed by atoms with Gasteiger partial charge in [0.2, 0.25) is 0 Å². The van der Waals surface area contributed by atoms with Gasteiger partial charge in [0.05, 0.1) is 12.2 Å². The van der Waals surface area contributed by atoms with Crippen molar-refractivity contribution in [3.05, 3.63) is 59.9 Å². The van der Waals surface area contributed by atoms with Crippen LogP contribution in [0, 0.1) is 0 Å². The Morgan fingerprint density at radius 1 is 1.17 bits per heavy atom. The van der Waals surface area contributed by atoms with Gasteiger partial charge in [0, 0.05) is 31.9 Å². The summed E-state index contributed by atoms with van der Waals surface area (Å²) in [5, 5.41) is 11.2. The molecule has 3 N–H and O–H groups in total. The summed E-state index contributed by atoms with van der Waals surface area (Å²) in [5.41, 5.74) is 8.18. The minimum Gasteiger partial charge on any atom is -0.370 e. The van der Waals surface area contributed by atoms with Gasteiger partial charge in [0.25, 0.3) is 0 Å². The van der Waals surface area contributed by atoms with E-state index in [2.05, 4.69) is 55.7 Å². The summed E-state index contributed by atoms with van der Waals surface area (Å²) >= 11 is 0. The summed E-state index contributed by atoms with van der Waals surface area (Å²) in [4.78, 5) is 6.83. The lowest BCUT2D eigenvalue weighted by molar-refractivity contribution is 0.199. The van der Waals surface area contributed by atoms with E-state index in [9.17, 15) is 0 Å². The molecule has 6 nitrogen and oxygen atoms in total. The molecule has 0 saturated carbocycles. The van der Waals surface area contributed by atoms with Crippen LogP contribution in [0.2, 0.25) is 0 Å². The van der Waals surface area contributed by atoms with Gasteiger partial charge in [-0.1, -0.05) is 30.3 Å². The molecule has 2 aromatic rings. The third-order valence-corrected chi connectivity index (χ3v) is 4.23. The van der Waals surface area contributed by atoms with E-state index in [0.29, 0.717) is 18.5 Å². The second-order valence-electron chi connectivity index (χ2n) is 6.10. The molecule has 1 aliphatic rings. The van der Waals surface area contributed by atoms with Gasteiger partial charge >= 0.3 is 0 Å². The average molecular weight is 324 g/mol. The number of nitrogens with zero attached hydrogens (tertiary/aromatic N) is 4. The molecule has 1 aromatic carbocycles. The van der Waals surface area contributed by atoms with Crippen molar-refractivity contribution in [2.75, 3.05) is 13.1 Å². The minimum absolute atomic E-state index is 0.391. The van der Waals surface area contributed by atoms with E-state index >= 15 is 0 Å². The van der Waals surface area contributed by atoms with Crippen molar-refractivity contribution in [3.63, 3.8) is 0 Å². The Morgan fingerprint density at radius 2 is 1.96 bits per heavy atom. The molecule has 2 heterocycles. The highest BCUT2D eigenvalue weighted by Crippen LogP contribution is 2.13. The molecule has 0 aliphatic carbocycles. The molecule has 126 valence electrons. The zero-order valence-corrected chi connectivity index (χ0v) is 13.8. The van der Waals surface area contributed by atoms with Gasteiger partial charge in [-0.15, -0.1) is 0 Å². The van der Waals surface area contributed by atoms with Gasteiger partial charge < -0.3 is 11.1 Å². The number of benzene rings is 1. The number of aromatic nitrogens is 2. The van der Waals surface area contributed by atoms with Crippen molar-refractivity contribution in [2.45, 2.75) is 32.0 Å². The Hall–Kier alpha value is -2.47. The topological polar surface area (TPSA) is 79.4 Å². The molecule has 0 unspecified atom stereocenters. The van der Waals surface area contributed by atoms with Crippen LogP contribution in [-0.2, 0) is 13.1 Å². The second kappa shape index (κ2) is 8.40. The lowest BCUT2D eigenvalue weighted by Crippen LogP contribution is -2.46. The summed E-state index contributed by atoms with van der Waals surface area (Å²) in [7, 11) is 0. The second-order valence-corrected chi connectivity index (χ2v) is 6.10. The summed E-state index contributed by atoms with van der Waals surface area (Å²) in [6.07, 6.45) is 3.81. The largest absolute Gasteiger partial charge is 0.370 e. The van der Waals surface area contributed by atoms with E-state index in [0.717, 1.165) is 38.2 Å². The molecule has 1 saturated heterocycles. The average Bonchev–Trinajstić information content (AvgIpc) is 2.63. The first-order valence-corrected chi connectivity index (χ1v) is 8.39. The van der Waals surface area contributed by atoms with Crippen LogP contribution in [-0.4, -0.2) is 40.2 Å². The zero-order chi connectivity index (χ0) is 16.6. The van der Waals surface area contributed by atoms with E-state index in [1.54, 1.807) is 6.20 Å². The fourth-order valence-corrected chi connectivity index (χ4v) is 2.92. The Bertz CT molecular complexity index is 635. The van der Waals surface area contributed by atoms with E-state index < -0.39 is 0 Å². The van der Waals surface area contributed by atoms with Crippen molar-refractivity contribution >= 4 is 5.96 Å². The third kappa shape index (κ3) is 5.03. The maximum absolute atomic E-state index is 5.99. The quantitative estimate of drug-likeness (QED) is 0.644. The summed E-state index contributed by atoms with van der Waals surface area (Å²) in [5.74, 6) is 0.488. The van der Waals surface area contributed by atoms with Gasteiger partial charge in [-0.2, -0.15) is 10.2 Å². The van der Waals surface area contributed by atoms with Gasteiger partial charge in [-0.25, -0.2) is 4.99 Å². The minimum atomic E-state index is 0.391. The van der Waals surface area contributed by atoms with Crippen molar-refractivity contribution in [3.8, 4) is 0 Å². The first kappa shape index (κ1) is 16.4. The lowest BCUT2D eigenvalue weighted by Gasteiger charge is -2.32. The van der Waals surface area contributed by atoms with Gasteiger partial charge in [-0.3, -0.25) is 4.90 Å². The SMILES string of the molecule is NC(=NCc1cccnn1)NC1CCN(Cc2ccccc2)CC1. The monoisotopic (exact) mass is 324 g/mol. The summed E-state index contributed by atoms with van der Waals surface area (Å²) in [6.45, 7) is 3.62. The third-order valence-electron chi connectivity index (χ3n) is 4.23. The van der Waals surface area contributed by atoms with Crippen LogP contribution in [0.1, 0.15) is 24.1 Å². The number of nitrogens with two attached hydrogens (primary N) is 1. The maximum atomic E-state index is 5.99. The maximum Gasteiger partial charge on any atom is 0.189 e. The molecule has 0 bridgehead atoms. The Morgan fingerprint density at radius 3 is 2.67 bits per heavy atom. The van der Waals surface area contributed by atoms with Crippen LogP contribution in [0.5, 0.6) is 0 Å². The fourth-order valence-electron chi connectivity index (χ4n) is 2.92. The molecule has 0 spiro atoms. The molecule has 3 rings (SSSR count). The molecule has 1 fully saturated rings. The Balaban J connectivity index is 1.41. The van der Waals surface area contributed by atoms with Crippen LogP contribution in [0.25, 0.3) is 0 Å². The van der Waals surface area contributed by atoms with Crippen LogP contribution in [0.4, 0.5) is 0 Å². The molecule has 24 heavy (non-hydrogen) atoms. The molecule has 6 heteroatoms. The molecule has 1 aromatic heterocycles. The van der Waals surface area contributed by atoms with Crippen molar-refractivity contribution in [1.82, 2.24) is 20.4 Å². The molecular weight excluding hydrogens is 300 g/mol. The smallest absolute Gasteiger partial charge is 0.189 e. The lowest BCUT2D eigenvalue weighted by atomic mass is 10.0. The number of nitrogens with one attached hydrogen (secondary N) is 1. The molecule has 0 radical (unpaired) electrons. The fraction of sp³-hybridized carbons (Fsp3) is 0.389. The van der Waals surface area contributed by atoms with E-state index in [1.807, 2.05) is 12.1 Å². The van der Waals surface area contributed by atoms with E-state index in [4.69, 9.17) is 5.73 Å². The van der Waals surface area contributed by atoms with Crippen LogP contribution < -0.4 is 11.1 Å². The van der Waals surface area contributed by atoms with Crippen LogP contribution in [0.3, 0.4) is 0 Å². The molecule has 0 atom stereocenters. The number of likely N-dealkylation sites (tertiary alicyclic amines) is 1. The number of aliphatic imine (C=N–C) groups is 1. The first-order valence-electron chi connectivity index (χ1n) is 8.39. The van der Waals surface area contributed by atoms with Crippen molar-refractivity contribution in [1.29, 1.82) is 0 Å². The molecular formula is C18H24N6. The summed E-state index contributed by atoms with van der Waals surface area (Å²) < 4.78 is 0. The standard InChI is InChI=1S/C18H24N6/c19-18(20-13-17-7-4-10-21-23-17)22-16-8-11-24(12-9-16)14-15-5-2-1-3-6-15/h1-7,10,16H,8-9,11-14H2,(H3,19,20,22). The predicted molar refractivity (Wildman–Crippen MR) is 95.2 cm³/mol. The summed E-state index contributed by atoms with van der Waals surface area (Å²) in [6, 6.07) is 14.7. The normalized spacial score (nSPS) is 16.9. The van der Waals surface area contributed by atoms with E-state index in [1.165, 1.54) is 5.56 Å². The van der Waals surface area contributed by atoms with Crippen LogP contribution in [0.15, 0.2) is 53.7 Å². The van der Waals surface area contributed by atoms with Gasteiger partial charge in [-0.05, 0) is 30.5 Å². The van der Waals surface area contributed by atoms with Gasteiger partial charge in [0.15, 0.2) is 5.96 Å². The number of hydrogen-bond acceptors (Lipinski definition) is 4. The highest BCUT2D eigenvalue weighted by molar-refractivity contribution is 5.78. The number of hydrogen-bond donors (Lipinski definition) is 2. The zero-order valence-electron chi connectivity index (χ0n) is 13.8. The Kier molecular flexibility index (Phi) is 5.74. The van der Waals surface area contributed by atoms with Crippen molar-refractivity contribution < 1.29 is 0 Å². The molecule has 0 amide bonds. The predicted octanol–water partition coefficient (Wildman–Crippen LogP) is 1.55. The highest BCUT2D eigenvalue weighted by atomic mass is 15.2.